The van der Waals surface area contributed by atoms with Crippen LogP contribution in [0, 0.1) is 0 Å². The number of ether oxygens (including phenoxy) is 1. The summed E-state index contributed by atoms with van der Waals surface area (Å²) in [5.74, 6) is -0.622. The van der Waals surface area contributed by atoms with E-state index in [0.717, 1.165) is 36.0 Å². The van der Waals surface area contributed by atoms with Gasteiger partial charge in [0.25, 0.3) is 0 Å². The Morgan fingerprint density at radius 1 is 0.806 bits per heavy atom. The lowest BCUT2D eigenvalue weighted by atomic mass is 9.82. The predicted octanol–water partition coefficient (Wildman–Crippen LogP) is 9.27. The number of fused-ring (bicyclic) bond motifs is 1. The summed E-state index contributed by atoms with van der Waals surface area (Å²) in [6.07, 6.45) is 22.0. The predicted molar refractivity (Wildman–Crippen MR) is 149 cm³/mol. The van der Waals surface area contributed by atoms with Crippen molar-refractivity contribution < 1.29 is 19.4 Å². The monoisotopic (exact) mass is 500 g/mol. The minimum Gasteiger partial charge on any atom is -0.481 e. The molecule has 0 aromatic heterocycles. The molecular weight excluding hydrogens is 448 g/mol. The molecule has 1 N–H and O–H groups in total. The fraction of sp³-hybridized carbons (Fsp3) is 0.750. The van der Waals surface area contributed by atoms with Crippen molar-refractivity contribution >= 4 is 11.9 Å². The minimum atomic E-state index is -0.852. The van der Waals surface area contributed by atoms with Gasteiger partial charge in [-0.25, -0.2) is 0 Å². The van der Waals surface area contributed by atoms with Gasteiger partial charge >= 0.3 is 11.9 Å². The highest BCUT2D eigenvalue weighted by atomic mass is 16.5. The van der Waals surface area contributed by atoms with Crippen molar-refractivity contribution in [2.45, 2.75) is 155 Å². The van der Waals surface area contributed by atoms with Crippen molar-refractivity contribution in [1.29, 1.82) is 0 Å². The standard InChI is InChI=1S/C32H52O4/c1-5-6-7-8-9-10-11-12-13-14-15-16-17-18-19-20-21-26-27-22-25(24-29(33)34)23-28(32(2,3)4)30(27)36-31(26)35/h22-23,26H,5-21,24H2,1-4H3,(H,33,34). The molecule has 0 radical (unpaired) electrons. The molecule has 1 aliphatic heterocycles. The Balaban J connectivity index is 1.64. The molecule has 0 fully saturated rings. The van der Waals surface area contributed by atoms with E-state index in [-0.39, 0.29) is 23.7 Å². The zero-order valence-corrected chi connectivity index (χ0v) is 23.6. The number of rotatable bonds is 19. The summed E-state index contributed by atoms with van der Waals surface area (Å²) >= 11 is 0. The van der Waals surface area contributed by atoms with Gasteiger partial charge in [-0.15, -0.1) is 0 Å². The van der Waals surface area contributed by atoms with Crippen LogP contribution in [0.3, 0.4) is 0 Å². The number of carbonyl (C=O) groups is 2. The lowest BCUT2D eigenvalue weighted by Gasteiger charge is -2.22. The van der Waals surface area contributed by atoms with Crippen molar-refractivity contribution in [1.82, 2.24) is 0 Å². The van der Waals surface area contributed by atoms with Gasteiger partial charge in [-0.05, 0) is 17.4 Å². The molecule has 4 heteroatoms. The normalized spacial score (nSPS) is 15.2. The molecule has 0 saturated carbocycles. The zero-order chi connectivity index (χ0) is 26.4. The van der Waals surface area contributed by atoms with Crippen molar-refractivity contribution in [2.75, 3.05) is 0 Å². The molecule has 1 aliphatic rings. The first-order valence-corrected chi connectivity index (χ1v) is 14.8. The van der Waals surface area contributed by atoms with Gasteiger partial charge in [0.1, 0.15) is 5.75 Å². The molecule has 204 valence electrons. The van der Waals surface area contributed by atoms with Gasteiger partial charge in [0, 0.05) is 11.1 Å². The number of hydrogen-bond acceptors (Lipinski definition) is 3. The first kappa shape index (κ1) is 30.4. The number of hydrogen-bond donors (Lipinski definition) is 1. The van der Waals surface area contributed by atoms with Crippen LogP contribution in [0.4, 0.5) is 0 Å². The molecule has 2 rings (SSSR count). The molecule has 1 atom stereocenters. The summed E-state index contributed by atoms with van der Waals surface area (Å²) in [6.45, 7) is 8.49. The maximum Gasteiger partial charge on any atom is 0.318 e. The lowest BCUT2D eigenvalue weighted by molar-refractivity contribution is -0.136. The van der Waals surface area contributed by atoms with Crippen molar-refractivity contribution in [3.63, 3.8) is 0 Å². The quantitative estimate of drug-likeness (QED) is 0.117. The Morgan fingerprint density at radius 3 is 1.72 bits per heavy atom. The van der Waals surface area contributed by atoms with Crippen LogP contribution >= 0.6 is 0 Å². The van der Waals surface area contributed by atoms with Crippen molar-refractivity contribution in [3.05, 3.63) is 28.8 Å². The van der Waals surface area contributed by atoms with Crippen LogP contribution in [0.15, 0.2) is 12.1 Å². The van der Waals surface area contributed by atoms with Crippen molar-refractivity contribution in [2.24, 2.45) is 0 Å². The van der Waals surface area contributed by atoms with Crippen LogP contribution in [0.1, 0.15) is 159 Å². The van der Waals surface area contributed by atoms with Gasteiger partial charge in [0.15, 0.2) is 0 Å². The van der Waals surface area contributed by atoms with E-state index in [0.29, 0.717) is 5.75 Å². The van der Waals surface area contributed by atoms with Crippen LogP contribution in [0.2, 0.25) is 0 Å². The van der Waals surface area contributed by atoms with E-state index in [1.807, 2.05) is 12.1 Å². The van der Waals surface area contributed by atoms with Crippen molar-refractivity contribution in [3.8, 4) is 5.75 Å². The SMILES string of the molecule is CCCCCCCCCCCCCCCCCCC1C(=O)Oc2c1cc(CC(=O)O)cc2C(C)(C)C. The molecule has 1 unspecified atom stereocenters. The first-order chi connectivity index (χ1) is 17.2. The van der Waals surface area contributed by atoms with E-state index in [1.54, 1.807) is 0 Å². The number of benzene rings is 1. The lowest BCUT2D eigenvalue weighted by Crippen LogP contribution is -2.14. The first-order valence-electron chi connectivity index (χ1n) is 14.8. The molecule has 36 heavy (non-hydrogen) atoms. The summed E-state index contributed by atoms with van der Waals surface area (Å²) in [5.41, 5.74) is 2.35. The second-order valence-corrected chi connectivity index (χ2v) is 11.9. The van der Waals surface area contributed by atoms with Crippen LogP contribution < -0.4 is 4.74 Å². The summed E-state index contributed by atoms with van der Waals surface area (Å²) < 4.78 is 5.73. The Labute approximate surface area is 220 Å². The van der Waals surface area contributed by atoms with Gasteiger partial charge in [-0.3, -0.25) is 9.59 Å². The molecule has 0 spiro atoms. The van der Waals surface area contributed by atoms with E-state index in [9.17, 15) is 14.7 Å². The van der Waals surface area contributed by atoms with Gasteiger partial charge < -0.3 is 9.84 Å². The third-order valence-corrected chi connectivity index (χ3v) is 7.55. The average molecular weight is 501 g/mol. The highest BCUT2D eigenvalue weighted by Gasteiger charge is 2.37. The fourth-order valence-electron chi connectivity index (χ4n) is 5.39. The second kappa shape index (κ2) is 16.1. The van der Waals surface area contributed by atoms with E-state index in [1.165, 1.54) is 89.9 Å². The number of carboxylic acids is 1. The number of aliphatic carboxylic acids is 1. The largest absolute Gasteiger partial charge is 0.481 e. The maximum atomic E-state index is 12.7. The van der Waals surface area contributed by atoms with Crippen LogP contribution in [0.25, 0.3) is 0 Å². The minimum absolute atomic E-state index is 0.0314. The molecule has 0 amide bonds. The molecule has 1 aromatic carbocycles. The zero-order valence-electron chi connectivity index (χ0n) is 23.6. The van der Waals surface area contributed by atoms with Gasteiger partial charge in [0.05, 0.1) is 12.3 Å². The molecule has 0 saturated heterocycles. The van der Waals surface area contributed by atoms with Crippen LogP contribution in [-0.4, -0.2) is 17.0 Å². The van der Waals surface area contributed by atoms with Gasteiger partial charge in [-0.2, -0.15) is 0 Å². The van der Waals surface area contributed by atoms with Gasteiger partial charge in [0.2, 0.25) is 0 Å². The summed E-state index contributed by atoms with van der Waals surface area (Å²) in [6, 6.07) is 3.79. The molecule has 4 nitrogen and oxygen atoms in total. The third kappa shape index (κ3) is 10.6. The molecule has 0 aliphatic carbocycles. The molecule has 1 heterocycles. The summed E-state index contributed by atoms with van der Waals surface area (Å²) in [4.78, 5) is 24.0. The topological polar surface area (TPSA) is 63.6 Å². The van der Waals surface area contributed by atoms with Gasteiger partial charge in [-0.1, -0.05) is 143 Å². The number of unbranched alkanes of at least 4 members (excludes halogenated alkanes) is 15. The third-order valence-electron chi connectivity index (χ3n) is 7.55. The Morgan fingerprint density at radius 2 is 1.28 bits per heavy atom. The summed E-state index contributed by atoms with van der Waals surface area (Å²) in [5, 5.41) is 9.29. The Hall–Kier alpha value is -1.84. The number of carboxylic acid groups (broad SMARTS) is 1. The number of esters is 1. The Kier molecular flexibility index (Phi) is 13.6. The van der Waals surface area contributed by atoms with E-state index >= 15 is 0 Å². The smallest absolute Gasteiger partial charge is 0.318 e. The summed E-state index contributed by atoms with van der Waals surface area (Å²) in [7, 11) is 0. The second-order valence-electron chi connectivity index (χ2n) is 11.9. The average Bonchev–Trinajstić information content (AvgIpc) is 3.12. The van der Waals surface area contributed by atoms with E-state index in [2.05, 4.69) is 27.7 Å². The maximum absolute atomic E-state index is 12.7. The van der Waals surface area contributed by atoms with Crippen LogP contribution in [-0.2, 0) is 21.4 Å². The van der Waals surface area contributed by atoms with E-state index in [4.69, 9.17) is 4.74 Å². The van der Waals surface area contributed by atoms with Crippen LogP contribution in [0.5, 0.6) is 5.75 Å². The molecular formula is C32H52O4. The highest BCUT2D eigenvalue weighted by molar-refractivity contribution is 5.87. The Bertz CT molecular complexity index is 805. The molecule has 1 aromatic rings. The fourth-order valence-corrected chi connectivity index (χ4v) is 5.39. The number of carbonyl (C=O) groups excluding carboxylic acids is 1. The van der Waals surface area contributed by atoms with E-state index < -0.39 is 5.97 Å². The highest BCUT2D eigenvalue weighted by Crippen LogP contribution is 2.45. The molecule has 0 bridgehead atoms.